The number of carbonyl (C=O) groups is 1. The van der Waals surface area contributed by atoms with Gasteiger partial charge in [0.15, 0.2) is 0 Å². The Morgan fingerprint density at radius 2 is 1.80 bits per heavy atom. The SMILES string of the molecule is CCC(=O)Cc1c(O)c(CN(C)C)c(O)c(C)c1OC. The zero-order chi connectivity index (χ0) is 15.4. The third-order valence-electron chi connectivity index (χ3n) is 3.27. The summed E-state index contributed by atoms with van der Waals surface area (Å²) in [6, 6.07) is 0. The number of Topliss-reactive ketones (excluding diaryl/α,β-unsaturated/α-hetero) is 1. The first-order chi connectivity index (χ1) is 9.33. The molecule has 0 fully saturated rings. The van der Waals surface area contributed by atoms with Crippen molar-refractivity contribution in [1.82, 2.24) is 4.90 Å². The first-order valence-corrected chi connectivity index (χ1v) is 6.60. The van der Waals surface area contributed by atoms with Crippen LogP contribution in [0, 0.1) is 6.92 Å². The van der Waals surface area contributed by atoms with Gasteiger partial charge in [-0.3, -0.25) is 4.79 Å². The highest BCUT2D eigenvalue weighted by Crippen LogP contribution is 2.42. The number of carbonyl (C=O) groups excluding carboxylic acids is 1. The molecule has 0 saturated heterocycles. The van der Waals surface area contributed by atoms with Crippen molar-refractivity contribution >= 4 is 5.78 Å². The van der Waals surface area contributed by atoms with Crippen LogP contribution in [0.25, 0.3) is 0 Å². The average molecular weight is 281 g/mol. The van der Waals surface area contributed by atoms with Crippen LogP contribution in [0.1, 0.15) is 30.0 Å². The lowest BCUT2D eigenvalue weighted by atomic mass is 9.96. The standard InChI is InChI=1S/C15H23NO4/c1-6-10(17)7-11-14(19)12(8-16(3)4)13(18)9(2)15(11)20-5/h18-19H,6-8H2,1-5H3. The van der Waals surface area contributed by atoms with Crippen molar-refractivity contribution in [2.45, 2.75) is 33.2 Å². The minimum absolute atomic E-state index is 0.0134. The van der Waals surface area contributed by atoms with E-state index in [1.54, 1.807) is 13.8 Å². The summed E-state index contributed by atoms with van der Waals surface area (Å²) in [5.74, 6) is 0.352. The molecule has 2 N–H and O–H groups in total. The number of hydrogen-bond acceptors (Lipinski definition) is 5. The van der Waals surface area contributed by atoms with Crippen LogP contribution in [0.2, 0.25) is 0 Å². The number of phenols is 2. The van der Waals surface area contributed by atoms with E-state index in [2.05, 4.69) is 0 Å². The third-order valence-corrected chi connectivity index (χ3v) is 3.27. The highest BCUT2D eigenvalue weighted by Gasteiger charge is 2.23. The molecule has 5 heteroatoms. The maximum absolute atomic E-state index is 11.7. The number of phenolic OH excluding ortho intramolecular Hbond substituents is 2. The first-order valence-electron chi connectivity index (χ1n) is 6.60. The molecule has 0 heterocycles. The molecule has 0 amide bonds. The molecule has 0 saturated carbocycles. The fourth-order valence-electron chi connectivity index (χ4n) is 2.19. The van der Waals surface area contributed by atoms with Gasteiger partial charge in [0, 0.05) is 30.5 Å². The molecule has 0 aliphatic carbocycles. The molecule has 0 atom stereocenters. The summed E-state index contributed by atoms with van der Waals surface area (Å²) >= 11 is 0. The molecule has 1 aromatic rings. The first kappa shape index (κ1) is 16.3. The summed E-state index contributed by atoms with van der Waals surface area (Å²) in [7, 11) is 5.15. The summed E-state index contributed by atoms with van der Waals surface area (Å²) in [5, 5.41) is 20.6. The third kappa shape index (κ3) is 3.22. The molecule has 5 nitrogen and oxygen atoms in total. The molecule has 0 radical (unpaired) electrons. The number of nitrogens with zero attached hydrogens (tertiary/aromatic N) is 1. The van der Waals surface area contributed by atoms with Crippen LogP contribution in [-0.4, -0.2) is 42.1 Å². The molecule has 0 bridgehead atoms. The highest BCUT2D eigenvalue weighted by atomic mass is 16.5. The van der Waals surface area contributed by atoms with Crippen LogP contribution in [0.15, 0.2) is 0 Å². The van der Waals surface area contributed by atoms with E-state index < -0.39 is 0 Å². The number of methoxy groups -OCH3 is 1. The van der Waals surface area contributed by atoms with Gasteiger partial charge in [-0.05, 0) is 21.0 Å². The van der Waals surface area contributed by atoms with Crippen molar-refractivity contribution in [2.24, 2.45) is 0 Å². The molecule has 0 aromatic heterocycles. The van der Waals surface area contributed by atoms with Gasteiger partial charge in [-0.25, -0.2) is 0 Å². The van der Waals surface area contributed by atoms with Crippen LogP contribution >= 0.6 is 0 Å². The van der Waals surface area contributed by atoms with E-state index in [-0.39, 0.29) is 23.7 Å². The average Bonchev–Trinajstić information content (AvgIpc) is 2.40. The van der Waals surface area contributed by atoms with E-state index >= 15 is 0 Å². The van der Waals surface area contributed by atoms with Crippen molar-refractivity contribution in [2.75, 3.05) is 21.2 Å². The second-order valence-electron chi connectivity index (χ2n) is 5.12. The molecule has 1 rings (SSSR count). The Labute approximate surface area is 119 Å². The van der Waals surface area contributed by atoms with Crippen molar-refractivity contribution in [1.29, 1.82) is 0 Å². The smallest absolute Gasteiger partial charge is 0.137 e. The molecular formula is C15H23NO4. The fourth-order valence-corrected chi connectivity index (χ4v) is 2.19. The Kier molecular flexibility index (Phi) is 5.39. The van der Waals surface area contributed by atoms with E-state index in [4.69, 9.17) is 4.74 Å². The predicted octanol–water partition coefficient (Wildman–Crippen LogP) is 2.00. The zero-order valence-electron chi connectivity index (χ0n) is 12.8. The normalized spacial score (nSPS) is 10.9. The number of aromatic hydroxyl groups is 2. The molecule has 112 valence electrons. The molecule has 20 heavy (non-hydrogen) atoms. The van der Waals surface area contributed by atoms with E-state index in [9.17, 15) is 15.0 Å². The lowest BCUT2D eigenvalue weighted by Gasteiger charge is -2.20. The number of ketones is 1. The Morgan fingerprint density at radius 3 is 2.25 bits per heavy atom. The number of rotatable bonds is 6. The van der Waals surface area contributed by atoms with Crippen molar-refractivity contribution < 1.29 is 19.7 Å². The summed E-state index contributed by atoms with van der Waals surface area (Å²) < 4.78 is 5.26. The molecular weight excluding hydrogens is 258 g/mol. The van der Waals surface area contributed by atoms with Crippen LogP contribution in [0.4, 0.5) is 0 Å². The Hall–Kier alpha value is -1.75. The second kappa shape index (κ2) is 6.61. The Balaban J connectivity index is 3.46. The van der Waals surface area contributed by atoms with Gasteiger partial charge in [-0.15, -0.1) is 0 Å². The Bertz CT molecular complexity index is 509. The van der Waals surface area contributed by atoms with Crippen molar-refractivity contribution in [3.05, 3.63) is 16.7 Å². The zero-order valence-corrected chi connectivity index (χ0v) is 12.8. The maximum Gasteiger partial charge on any atom is 0.137 e. The van der Waals surface area contributed by atoms with E-state index in [0.29, 0.717) is 35.4 Å². The van der Waals surface area contributed by atoms with Crippen LogP contribution in [-0.2, 0) is 17.8 Å². The summed E-state index contributed by atoms with van der Waals surface area (Å²) in [5.41, 5.74) is 1.42. The molecule has 0 spiro atoms. The van der Waals surface area contributed by atoms with Gasteiger partial charge in [0.2, 0.25) is 0 Å². The van der Waals surface area contributed by atoms with Gasteiger partial charge in [0.05, 0.1) is 12.7 Å². The van der Waals surface area contributed by atoms with E-state index in [1.165, 1.54) is 7.11 Å². The van der Waals surface area contributed by atoms with Gasteiger partial charge >= 0.3 is 0 Å². The predicted molar refractivity (Wildman–Crippen MR) is 77.5 cm³/mol. The number of ether oxygens (including phenoxy) is 1. The Morgan fingerprint density at radius 1 is 1.20 bits per heavy atom. The topological polar surface area (TPSA) is 70.0 Å². The van der Waals surface area contributed by atoms with Crippen LogP contribution in [0.3, 0.4) is 0 Å². The fraction of sp³-hybridized carbons (Fsp3) is 0.533. The molecule has 0 unspecified atom stereocenters. The van der Waals surface area contributed by atoms with Gasteiger partial charge in [-0.1, -0.05) is 6.92 Å². The van der Waals surface area contributed by atoms with E-state index in [0.717, 1.165) is 0 Å². The van der Waals surface area contributed by atoms with E-state index in [1.807, 2.05) is 19.0 Å². The quantitative estimate of drug-likeness (QED) is 0.834. The summed E-state index contributed by atoms with van der Waals surface area (Å²) in [6.45, 7) is 3.88. The summed E-state index contributed by atoms with van der Waals surface area (Å²) in [6.07, 6.45) is 0.499. The minimum Gasteiger partial charge on any atom is -0.507 e. The largest absolute Gasteiger partial charge is 0.507 e. The lowest BCUT2D eigenvalue weighted by Crippen LogP contribution is -2.13. The minimum atomic E-state index is -0.0551. The second-order valence-corrected chi connectivity index (χ2v) is 5.12. The van der Waals surface area contributed by atoms with Gasteiger partial charge in [-0.2, -0.15) is 0 Å². The van der Waals surface area contributed by atoms with Crippen molar-refractivity contribution in [3.8, 4) is 17.2 Å². The van der Waals surface area contributed by atoms with Crippen molar-refractivity contribution in [3.63, 3.8) is 0 Å². The van der Waals surface area contributed by atoms with Gasteiger partial charge < -0.3 is 19.8 Å². The molecule has 1 aromatic carbocycles. The monoisotopic (exact) mass is 281 g/mol. The number of benzene rings is 1. The van der Waals surface area contributed by atoms with Gasteiger partial charge in [0.1, 0.15) is 23.0 Å². The van der Waals surface area contributed by atoms with Crippen LogP contribution in [0.5, 0.6) is 17.2 Å². The van der Waals surface area contributed by atoms with Gasteiger partial charge in [0.25, 0.3) is 0 Å². The molecule has 0 aliphatic rings. The molecule has 0 aliphatic heterocycles. The lowest BCUT2D eigenvalue weighted by molar-refractivity contribution is -0.118. The summed E-state index contributed by atoms with van der Waals surface area (Å²) in [4.78, 5) is 13.5. The number of hydrogen-bond donors (Lipinski definition) is 2. The highest BCUT2D eigenvalue weighted by molar-refractivity contribution is 5.83. The maximum atomic E-state index is 11.7. The van der Waals surface area contributed by atoms with Crippen LogP contribution < -0.4 is 4.74 Å².